The first-order valence-corrected chi connectivity index (χ1v) is 10.1. The van der Waals surface area contributed by atoms with Crippen LogP contribution in [0.25, 0.3) is 0 Å². The highest BCUT2D eigenvalue weighted by molar-refractivity contribution is 5.76. The minimum absolute atomic E-state index is 0.0936. The number of aromatic nitrogens is 3. The van der Waals surface area contributed by atoms with Crippen molar-refractivity contribution in [3.8, 4) is 11.6 Å². The molecule has 1 amide bonds. The van der Waals surface area contributed by atoms with Crippen molar-refractivity contribution < 1.29 is 22.7 Å². The Morgan fingerprint density at radius 1 is 1.09 bits per heavy atom. The summed E-state index contributed by atoms with van der Waals surface area (Å²) in [6.45, 7) is 5.15. The molecular weight excluding hydrogens is 423 g/mol. The van der Waals surface area contributed by atoms with E-state index in [0.29, 0.717) is 25.4 Å². The SMILES string of the molecule is Cc1ccn(C(=O)N2CCN(Cc3cccc(Oc4ccc(C(F)(F)F)cn4)c3)CC2)n1. The third-order valence-electron chi connectivity index (χ3n) is 5.15. The Morgan fingerprint density at radius 3 is 2.50 bits per heavy atom. The lowest BCUT2D eigenvalue weighted by Gasteiger charge is -2.34. The summed E-state index contributed by atoms with van der Waals surface area (Å²) in [5, 5.41) is 4.17. The minimum Gasteiger partial charge on any atom is -0.439 e. The Balaban J connectivity index is 1.32. The van der Waals surface area contributed by atoms with Gasteiger partial charge in [0.1, 0.15) is 5.75 Å². The third-order valence-corrected chi connectivity index (χ3v) is 5.15. The lowest BCUT2D eigenvalue weighted by atomic mass is 10.2. The minimum atomic E-state index is -4.43. The Hall–Kier alpha value is -3.40. The van der Waals surface area contributed by atoms with Crippen LogP contribution in [0.15, 0.2) is 54.9 Å². The standard InChI is InChI=1S/C22H22F3N5O2/c1-16-7-8-30(27-16)21(31)29-11-9-28(10-12-29)15-17-3-2-4-19(13-17)32-20-6-5-18(14-26-20)22(23,24)25/h2-8,13-14H,9-12,15H2,1H3. The predicted octanol–water partition coefficient (Wildman–Crippen LogP) is 4.18. The highest BCUT2D eigenvalue weighted by atomic mass is 19.4. The van der Waals surface area contributed by atoms with Crippen molar-refractivity contribution in [2.45, 2.75) is 19.6 Å². The van der Waals surface area contributed by atoms with Gasteiger partial charge in [-0.05, 0) is 36.8 Å². The van der Waals surface area contributed by atoms with Gasteiger partial charge in [0, 0.05) is 51.2 Å². The maximum Gasteiger partial charge on any atom is 0.417 e. The average molecular weight is 445 g/mol. The van der Waals surface area contributed by atoms with E-state index in [0.717, 1.165) is 36.6 Å². The fraction of sp³-hybridized carbons (Fsp3) is 0.318. The number of pyridine rings is 1. The molecule has 7 nitrogen and oxygen atoms in total. The molecule has 1 saturated heterocycles. The van der Waals surface area contributed by atoms with Crippen molar-refractivity contribution in [2.75, 3.05) is 26.2 Å². The van der Waals surface area contributed by atoms with E-state index < -0.39 is 11.7 Å². The zero-order valence-electron chi connectivity index (χ0n) is 17.4. The maximum atomic E-state index is 12.7. The average Bonchev–Trinajstić information content (AvgIpc) is 3.20. The number of piperazine rings is 1. The molecular formula is C22H22F3N5O2. The van der Waals surface area contributed by atoms with Crippen molar-refractivity contribution in [1.29, 1.82) is 0 Å². The largest absolute Gasteiger partial charge is 0.439 e. The van der Waals surface area contributed by atoms with Crippen LogP contribution in [-0.2, 0) is 12.7 Å². The molecule has 10 heteroatoms. The van der Waals surface area contributed by atoms with Crippen LogP contribution in [-0.4, -0.2) is 56.8 Å². The summed E-state index contributed by atoms with van der Waals surface area (Å²) in [6.07, 6.45) is -2.01. The fourth-order valence-corrected chi connectivity index (χ4v) is 3.46. The maximum absolute atomic E-state index is 12.7. The molecule has 1 fully saturated rings. The van der Waals surface area contributed by atoms with Crippen molar-refractivity contribution in [1.82, 2.24) is 24.6 Å². The molecule has 0 N–H and O–H groups in total. The molecule has 3 heterocycles. The third kappa shape index (κ3) is 5.25. The van der Waals surface area contributed by atoms with E-state index in [1.807, 2.05) is 25.1 Å². The molecule has 0 radical (unpaired) electrons. The van der Waals surface area contributed by atoms with E-state index in [1.54, 1.807) is 23.2 Å². The molecule has 4 rings (SSSR count). The zero-order valence-corrected chi connectivity index (χ0v) is 17.4. The van der Waals surface area contributed by atoms with Crippen LogP contribution in [0.5, 0.6) is 11.6 Å². The molecule has 0 unspecified atom stereocenters. The van der Waals surface area contributed by atoms with Crippen molar-refractivity contribution >= 4 is 6.03 Å². The number of rotatable bonds is 4. The molecule has 0 atom stereocenters. The van der Waals surface area contributed by atoms with Gasteiger partial charge in [0.15, 0.2) is 0 Å². The number of carbonyl (C=O) groups excluding carboxylic acids is 1. The normalized spacial score (nSPS) is 15.1. The summed E-state index contributed by atoms with van der Waals surface area (Å²) >= 11 is 0. The summed E-state index contributed by atoms with van der Waals surface area (Å²) in [7, 11) is 0. The van der Waals surface area contributed by atoms with Crippen LogP contribution in [0, 0.1) is 6.92 Å². The molecule has 1 aromatic carbocycles. The summed E-state index contributed by atoms with van der Waals surface area (Å²) in [6, 6.07) is 11.2. The van der Waals surface area contributed by atoms with Crippen LogP contribution in [0.2, 0.25) is 0 Å². The first kappa shape index (κ1) is 21.8. The lowest BCUT2D eigenvalue weighted by Crippen LogP contribution is -2.49. The van der Waals surface area contributed by atoms with Gasteiger partial charge in [-0.2, -0.15) is 23.0 Å². The second kappa shape index (κ2) is 8.99. The van der Waals surface area contributed by atoms with Gasteiger partial charge in [-0.25, -0.2) is 9.78 Å². The van der Waals surface area contributed by atoms with Crippen LogP contribution in [0.3, 0.4) is 0 Å². The molecule has 3 aromatic rings. The van der Waals surface area contributed by atoms with Crippen LogP contribution in [0.4, 0.5) is 18.0 Å². The smallest absolute Gasteiger partial charge is 0.417 e. The van der Waals surface area contributed by atoms with Gasteiger partial charge < -0.3 is 9.64 Å². The summed E-state index contributed by atoms with van der Waals surface area (Å²) < 4.78 is 45.0. The van der Waals surface area contributed by atoms with Gasteiger partial charge in [-0.15, -0.1) is 0 Å². The summed E-state index contributed by atoms with van der Waals surface area (Å²) in [5.74, 6) is 0.591. The molecule has 1 aliphatic heterocycles. The highest BCUT2D eigenvalue weighted by Gasteiger charge is 2.30. The quantitative estimate of drug-likeness (QED) is 0.603. The first-order valence-electron chi connectivity index (χ1n) is 10.1. The van der Waals surface area contributed by atoms with Gasteiger partial charge >= 0.3 is 12.2 Å². The van der Waals surface area contributed by atoms with E-state index in [1.165, 1.54) is 10.7 Å². The second-order valence-electron chi connectivity index (χ2n) is 7.58. The van der Waals surface area contributed by atoms with Crippen LogP contribution < -0.4 is 4.74 Å². The van der Waals surface area contributed by atoms with E-state index in [-0.39, 0.29) is 11.9 Å². The van der Waals surface area contributed by atoms with E-state index >= 15 is 0 Å². The topological polar surface area (TPSA) is 63.5 Å². The first-order chi connectivity index (χ1) is 15.3. The van der Waals surface area contributed by atoms with Gasteiger partial charge in [0.05, 0.1) is 11.3 Å². The number of amides is 1. The van der Waals surface area contributed by atoms with Crippen molar-refractivity contribution in [3.05, 3.63) is 71.7 Å². The highest BCUT2D eigenvalue weighted by Crippen LogP contribution is 2.30. The number of aryl methyl sites for hydroxylation is 1. The Morgan fingerprint density at radius 2 is 1.88 bits per heavy atom. The number of hydrogen-bond acceptors (Lipinski definition) is 5. The van der Waals surface area contributed by atoms with Gasteiger partial charge in [0.2, 0.25) is 5.88 Å². The summed E-state index contributed by atoms with van der Waals surface area (Å²) in [4.78, 5) is 20.2. The van der Waals surface area contributed by atoms with E-state index in [4.69, 9.17) is 4.74 Å². The Labute approximate surface area is 183 Å². The molecule has 0 spiro atoms. The second-order valence-corrected chi connectivity index (χ2v) is 7.58. The predicted molar refractivity (Wildman–Crippen MR) is 110 cm³/mol. The number of hydrogen-bond donors (Lipinski definition) is 0. The number of alkyl halides is 3. The summed E-state index contributed by atoms with van der Waals surface area (Å²) in [5.41, 5.74) is 0.974. The number of ether oxygens (including phenoxy) is 1. The monoisotopic (exact) mass is 445 g/mol. The fourth-order valence-electron chi connectivity index (χ4n) is 3.46. The molecule has 32 heavy (non-hydrogen) atoms. The van der Waals surface area contributed by atoms with Gasteiger partial charge in [-0.1, -0.05) is 12.1 Å². The Kier molecular flexibility index (Phi) is 6.13. The van der Waals surface area contributed by atoms with Gasteiger partial charge in [-0.3, -0.25) is 4.90 Å². The molecule has 2 aromatic heterocycles. The molecule has 0 bridgehead atoms. The number of halogens is 3. The number of carbonyl (C=O) groups is 1. The molecule has 1 aliphatic rings. The molecule has 0 aliphatic carbocycles. The van der Waals surface area contributed by atoms with E-state index in [2.05, 4.69) is 15.0 Å². The molecule has 0 saturated carbocycles. The van der Waals surface area contributed by atoms with Crippen molar-refractivity contribution in [3.63, 3.8) is 0 Å². The zero-order chi connectivity index (χ0) is 22.7. The van der Waals surface area contributed by atoms with Crippen molar-refractivity contribution in [2.24, 2.45) is 0 Å². The van der Waals surface area contributed by atoms with E-state index in [9.17, 15) is 18.0 Å². The number of benzene rings is 1. The van der Waals surface area contributed by atoms with Crippen LogP contribution in [0.1, 0.15) is 16.8 Å². The van der Waals surface area contributed by atoms with Gasteiger partial charge in [0.25, 0.3) is 0 Å². The lowest BCUT2D eigenvalue weighted by molar-refractivity contribution is -0.137. The number of nitrogens with zero attached hydrogens (tertiary/aromatic N) is 5. The molecule has 168 valence electrons. The van der Waals surface area contributed by atoms with Crippen LogP contribution >= 0.6 is 0 Å². The Bertz CT molecular complexity index is 1070.